The molecule has 0 unspecified atom stereocenters. The Bertz CT molecular complexity index is 999. The molecule has 3 aromatic carbocycles. The van der Waals surface area contributed by atoms with Crippen LogP contribution in [0.25, 0.3) is 32.5 Å². The number of hydrogen-bond donors (Lipinski definition) is 0. The predicted molar refractivity (Wildman–Crippen MR) is 82.5 cm³/mol. The Labute approximate surface area is 120 Å². The molecule has 0 amide bonds. The fraction of sp³-hybridized carbons (Fsp3) is 0.111. The van der Waals surface area contributed by atoms with Crippen LogP contribution in [0, 0.1) is 12.7 Å². The quantitative estimate of drug-likeness (QED) is 0.447. The van der Waals surface area contributed by atoms with E-state index in [4.69, 9.17) is 9.15 Å². The number of fused-ring (bicyclic) bond motifs is 6. The summed E-state index contributed by atoms with van der Waals surface area (Å²) in [5.41, 5.74) is 0.837. The van der Waals surface area contributed by atoms with Crippen molar-refractivity contribution in [2.24, 2.45) is 0 Å². The third-order valence-corrected chi connectivity index (χ3v) is 3.89. The summed E-state index contributed by atoms with van der Waals surface area (Å²) in [6, 6.07) is 12.6. The van der Waals surface area contributed by atoms with E-state index in [-0.39, 0.29) is 5.82 Å². The number of halogens is 1. The van der Waals surface area contributed by atoms with Gasteiger partial charge in [0.05, 0.1) is 7.11 Å². The van der Waals surface area contributed by atoms with E-state index < -0.39 is 0 Å². The third-order valence-electron chi connectivity index (χ3n) is 3.89. The molecular formula is C18H13FO2. The molecule has 4 aromatic rings. The minimum absolute atomic E-state index is 0.244. The highest BCUT2D eigenvalue weighted by molar-refractivity contribution is 6.24. The molecule has 0 atom stereocenters. The normalized spacial score (nSPS) is 11.6. The van der Waals surface area contributed by atoms with E-state index in [2.05, 4.69) is 0 Å². The fourth-order valence-corrected chi connectivity index (χ4v) is 2.96. The Morgan fingerprint density at radius 3 is 2.43 bits per heavy atom. The molecule has 0 aliphatic rings. The Morgan fingerprint density at radius 1 is 0.857 bits per heavy atom. The maximum atomic E-state index is 13.7. The average Bonchev–Trinajstić information content (AvgIpc) is 2.88. The monoisotopic (exact) mass is 280 g/mol. The first-order valence-corrected chi connectivity index (χ1v) is 6.76. The minimum Gasteiger partial charge on any atom is -0.497 e. The summed E-state index contributed by atoms with van der Waals surface area (Å²) in [5, 5.41) is 4.78. The largest absolute Gasteiger partial charge is 0.497 e. The van der Waals surface area contributed by atoms with Crippen molar-refractivity contribution in [1.82, 2.24) is 0 Å². The van der Waals surface area contributed by atoms with Gasteiger partial charge in [-0.3, -0.25) is 0 Å². The zero-order chi connectivity index (χ0) is 14.6. The van der Waals surface area contributed by atoms with Crippen LogP contribution in [-0.4, -0.2) is 7.11 Å². The van der Waals surface area contributed by atoms with E-state index in [0.29, 0.717) is 0 Å². The summed E-state index contributed by atoms with van der Waals surface area (Å²) in [7, 11) is 1.62. The Balaban J connectivity index is 2.33. The fourth-order valence-electron chi connectivity index (χ4n) is 2.96. The molecule has 0 N–H and O–H groups in total. The molecule has 1 heterocycles. The first-order chi connectivity index (χ1) is 10.2. The molecule has 0 saturated heterocycles. The van der Waals surface area contributed by atoms with Gasteiger partial charge in [0.2, 0.25) is 0 Å². The van der Waals surface area contributed by atoms with Crippen molar-refractivity contribution in [3.8, 4) is 5.75 Å². The lowest BCUT2D eigenvalue weighted by Crippen LogP contribution is -1.85. The van der Waals surface area contributed by atoms with Crippen molar-refractivity contribution in [1.29, 1.82) is 0 Å². The summed E-state index contributed by atoms with van der Waals surface area (Å²) >= 11 is 0. The summed E-state index contributed by atoms with van der Waals surface area (Å²) in [4.78, 5) is 0. The van der Waals surface area contributed by atoms with Crippen molar-refractivity contribution >= 4 is 32.5 Å². The zero-order valence-electron chi connectivity index (χ0n) is 11.7. The number of rotatable bonds is 1. The van der Waals surface area contributed by atoms with Crippen molar-refractivity contribution in [3.05, 3.63) is 54.0 Å². The molecule has 1 aromatic heterocycles. The first kappa shape index (κ1) is 12.2. The molecule has 4 rings (SSSR count). The first-order valence-electron chi connectivity index (χ1n) is 6.76. The Kier molecular flexibility index (Phi) is 2.45. The third kappa shape index (κ3) is 1.70. The second kappa shape index (κ2) is 4.22. The summed E-state index contributed by atoms with van der Waals surface area (Å²) in [5.74, 6) is 1.35. The molecule has 0 radical (unpaired) electrons. The number of furan rings is 1. The molecule has 0 spiro atoms. The van der Waals surface area contributed by atoms with Gasteiger partial charge in [0.15, 0.2) is 0 Å². The summed E-state index contributed by atoms with van der Waals surface area (Å²) in [6.45, 7) is 1.92. The smallest absolute Gasteiger partial charge is 0.142 e. The van der Waals surface area contributed by atoms with Crippen LogP contribution in [0.4, 0.5) is 4.39 Å². The lowest BCUT2D eigenvalue weighted by atomic mass is 9.98. The standard InChI is InChI=1S/C18H13FO2/c1-10-7-17-13-5-3-11(19)8-15(13)16-9-12(20-2)4-6-14(16)18(17)21-10/h3-9H,1-2H3. The van der Waals surface area contributed by atoms with Gasteiger partial charge in [0.25, 0.3) is 0 Å². The van der Waals surface area contributed by atoms with Crippen LogP contribution in [0.5, 0.6) is 5.75 Å². The van der Waals surface area contributed by atoms with Crippen LogP contribution in [0.15, 0.2) is 46.9 Å². The van der Waals surface area contributed by atoms with E-state index in [9.17, 15) is 4.39 Å². The van der Waals surface area contributed by atoms with E-state index >= 15 is 0 Å². The van der Waals surface area contributed by atoms with E-state index in [1.165, 1.54) is 6.07 Å². The van der Waals surface area contributed by atoms with E-state index in [1.807, 2.05) is 31.2 Å². The van der Waals surface area contributed by atoms with Crippen molar-refractivity contribution in [2.45, 2.75) is 6.92 Å². The highest BCUT2D eigenvalue weighted by Gasteiger charge is 2.13. The molecule has 0 fully saturated rings. The Hall–Kier alpha value is -2.55. The van der Waals surface area contributed by atoms with Gasteiger partial charge in [-0.2, -0.15) is 0 Å². The maximum absolute atomic E-state index is 13.7. The predicted octanol–water partition coefficient (Wildman–Crippen LogP) is 5.20. The molecule has 21 heavy (non-hydrogen) atoms. The lowest BCUT2D eigenvalue weighted by Gasteiger charge is -2.08. The van der Waals surface area contributed by atoms with Gasteiger partial charge in [-0.15, -0.1) is 0 Å². The number of hydrogen-bond acceptors (Lipinski definition) is 2. The van der Waals surface area contributed by atoms with Gasteiger partial charge in [0, 0.05) is 10.8 Å². The van der Waals surface area contributed by atoms with Crippen molar-refractivity contribution < 1.29 is 13.5 Å². The molecule has 2 nitrogen and oxygen atoms in total. The average molecular weight is 280 g/mol. The van der Waals surface area contributed by atoms with Crippen LogP contribution in [0.3, 0.4) is 0 Å². The zero-order valence-corrected chi connectivity index (χ0v) is 11.7. The summed E-state index contributed by atoms with van der Waals surface area (Å²) < 4.78 is 24.9. The minimum atomic E-state index is -0.244. The van der Waals surface area contributed by atoms with Gasteiger partial charge in [-0.05, 0) is 59.5 Å². The number of aryl methyl sites for hydroxylation is 1. The summed E-state index contributed by atoms with van der Waals surface area (Å²) in [6.07, 6.45) is 0. The molecule has 0 aliphatic carbocycles. The topological polar surface area (TPSA) is 22.4 Å². The number of benzene rings is 3. The molecule has 0 bridgehead atoms. The van der Waals surface area contributed by atoms with Gasteiger partial charge < -0.3 is 9.15 Å². The number of ether oxygens (including phenoxy) is 1. The lowest BCUT2D eigenvalue weighted by molar-refractivity contribution is 0.415. The van der Waals surface area contributed by atoms with E-state index in [0.717, 1.165) is 44.0 Å². The maximum Gasteiger partial charge on any atom is 0.142 e. The van der Waals surface area contributed by atoms with Crippen LogP contribution in [-0.2, 0) is 0 Å². The Morgan fingerprint density at radius 2 is 1.62 bits per heavy atom. The molecule has 0 saturated carbocycles. The molecule has 0 aliphatic heterocycles. The van der Waals surface area contributed by atoms with Crippen molar-refractivity contribution in [2.75, 3.05) is 7.11 Å². The highest BCUT2D eigenvalue weighted by Crippen LogP contribution is 2.38. The number of methoxy groups -OCH3 is 1. The highest BCUT2D eigenvalue weighted by atomic mass is 19.1. The van der Waals surface area contributed by atoms with Crippen molar-refractivity contribution in [3.63, 3.8) is 0 Å². The second-order valence-electron chi connectivity index (χ2n) is 5.20. The molecule has 104 valence electrons. The van der Waals surface area contributed by atoms with Gasteiger partial charge in [-0.25, -0.2) is 4.39 Å². The second-order valence-corrected chi connectivity index (χ2v) is 5.20. The van der Waals surface area contributed by atoms with Crippen LogP contribution < -0.4 is 4.74 Å². The van der Waals surface area contributed by atoms with Crippen LogP contribution in [0.2, 0.25) is 0 Å². The SMILES string of the molecule is COc1ccc2c(c1)c1cc(F)ccc1c1cc(C)oc21. The van der Waals surface area contributed by atoms with Gasteiger partial charge in [-0.1, -0.05) is 6.07 Å². The van der Waals surface area contributed by atoms with Gasteiger partial charge in [0.1, 0.15) is 22.9 Å². The molecule has 3 heteroatoms. The van der Waals surface area contributed by atoms with Crippen LogP contribution in [0.1, 0.15) is 5.76 Å². The molecular weight excluding hydrogens is 267 g/mol. The van der Waals surface area contributed by atoms with Crippen LogP contribution >= 0.6 is 0 Å². The van der Waals surface area contributed by atoms with Gasteiger partial charge >= 0.3 is 0 Å². The van der Waals surface area contributed by atoms with E-state index in [1.54, 1.807) is 19.2 Å².